The molecule has 1 atom stereocenters. The monoisotopic (exact) mass is 567 g/mol. The van der Waals surface area contributed by atoms with Gasteiger partial charge in [-0.1, -0.05) is 17.4 Å². The molecule has 2 aromatic carbocycles. The van der Waals surface area contributed by atoms with Crippen molar-refractivity contribution in [3.8, 4) is 17.0 Å². The number of ether oxygens (including phenoxy) is 3. The van der Waals surface area contributed by atoms with Gasteiger partial charge in [0.15, 0.2) is 4.96 Å². The minimum atomic E-state index is -0.634. The molecule has 1 unspecified atom stereocenters. The number of esters is 1. The summed E-state index contributed by atoms with van der Waals surface area (Å²) in [6, 6.07) is 8.72. The highest BCUT2D eigenvalue weighted by atomic mass is 32.1. The number of fused-ring (bicyclic) bond motifs is 3. The van der Waals surface area contributed by atoms with Gasteiger partial charge in [-0.25, -0.2) is 19.0 Å². The maximum absolute atomic E-state index is 15.4. The van der Waals surface area contributed by atoms with Gasteiger partial charge in [-0.2, -0.15) is 0 Å². The third-order valence-corrected chi connectivity index (χ3v) is 7.63. The number of methoxy groups -OCH3 is 1. The third-order valence-electron chi connectivity index (χ3n) is 6.61. The maximum Gasteiger partial charge on any atom is 0.410 e. The van der Waals surface area contributed by atoms with E-state index >= 15 is 4.39 Å². The first kappa shape index (κ1) is 27.9. The first-order valence-corrected chi connectivity index (χ1v) is 14.0. The van der Waals surface area contributed by atoms with Gasteiger partial charge >= 0.3 is 12.1 Å². The van der Waals surface area contributed by atoms with Crippen LogP contribution in [-0.2, 0) is 9.47 Å². The molecule has 0 N–H and O–H groups in total. The Bertz CT molecular complexity index is 1610. The van der Waals surface area contributed by atoms with E-state index < -0.39 is 17.2 Å². The summed E-state index contributed by atoms with van der Waals surface area (Å²) in [5.41, 5.74) is 1.70. The van der Waals surface area contributed by atoms with Gasteiger partial charge in [0.2, 0.25) is 0 Å². The quantitative estimate of drug-likeness (QED) is 0.246. The molecule has 4 aromatic rings. The van der Waals surface area contributed by atoms with E-state index in [1.807, 2.05) is 52.0 Å². The van der Waals surface area contributed by atoms with Crippen LogP contribution in [0.2, 0.25) is 0 Å². The van der Waals surface area contributed by atoms with Crippen LogP contribution in [0.4, 0.5) is 9.18 Å². The highest BCUT2D eigenvalue weighted by Crippen LogP contribution is 2.36. The van der Waals surface area contributed by atoms with Crippen molar-refractivity contribution in [2.75, 3.05) is 20.2 Å². The molecule has 0 radical (unpaired) electrons. The number of carbonyl (C=O) groups is 2. The van der Waals surface area contributed by atoms with Gasteiger partial charge in [0, 0.05) is 36.8 Å². The first-order valence-electron chi connectivity index (χ1n) is 13.2. The Hall–Kier alpha value is -3.66. The van der Waals surface area contributed by atoms with Crippen LogP contribution >= 0.6 is 11.3 Å². The predicted octanol–water partition coefficient (Wildman–Crippen LogP) is 7.04. The van der Waals surface area contributed by atoms with Gasteiger partial charge in [-0.15, -0.1) is 0 Å². The number of hydrogen-bond acceptors (Lipinski definition) is 7. The molecule has 0 saturated carbocycles. The van der Waals surface area contributed by atoms with Crippen molar-refractivity contribution >= 4 is 38.6 Å². The molecule has 0 spiro atoms. The second-order valence-electron chi connectivity index (χ2n) is 12.1. The lowest BCUT2D eigenvalue weighted by Crippen LogP contribution is -2.35. The summed E-state index contributed by atoms with van der Waals surface area (Å²) in [5, 5.41) is 0. The fraction of sp³-hybridized carbons (Fsp3) is 0.433. The van der Waals surface area contributed by atoms with E-state index in [4.69, 9.17) is 14.2 Å². The summed E-state index contributed by atoms with van der Waals surface area (Å²) in [6.07, 6.45) is 2.20. The number of amides is 1. The number of thiazole rings is 1. The lowest BCUT2D eigenvalue weighted by molar-refractivity contribution is 0.00661. The first-order chi connectivity index (χ1) is 18.7. The molecule has 1 aliphatic heterocycles. The highest BCUT2D eigenvalue weighted by molar-refractivity contribution is 7.23. The Morgan fingerprint density at radius 2 is 1.77 bits per heavy atom. The van der Waals surface area contributed by atoms with E-state index in [9.17, 15) is 9.59 Å². The van der Waals surface area contributed by atoms with Crippen molar-refractivity contribution in [1.29, 1.82) is 0 Å². The summed E-state index contributed by atoms with van der Waals surface area (Å²) >= 11 is 1.40. The average Bonchev–Trinajstić information content (AvgIpc) is 3.56. The topological polar surface area (TPSA) is 82.4 Å². The molecule has 1 fully saturated rings. The van der Waals surface area contributed by atoms with Gasteiger partial charge in [-0.05, 0) is 71.7 Å². The summed E-state index contributed by atoms with van der Waals surface area (Å²) in [5.74, 6) is -0.397. The fourth-order valence-corrected chi connectivity index (χ4v) is 5.86. The molecule has 0 bridgehead atoms. The van der Waals surface area contributed by atoms with Crippen LogP contribution in [0.3, 0.4) is 0 Å². The van der Waals surface area contributed by atoms with Crippen LogP contribution < -0.4 is 4.74 Å². The second kappa shape index (κ2) is 10.1. The summed E-state index contributed by atoms with van der Waals surface area (Å²) in [4.78, 5) is 32.2. The van der Waals surface area contributed by atoms with Crippen LogP contribution in [-0.4, -0.2) is 57.7 Å². The average molecular weight is 568 g/mol. The van der Waals surface area contributed by atoms with Gasteiger partial charge < -0.3 is 19.1 Å². The zero-order valence-corrected chi connectivity index (χ0v) is 24.6. The van der Waals surface area contributed by atoms with Crippen LogP contribution in [0, 0.1) is 5.82 Å². The van der Waals surface area contributed by atoms with Crippen molar-refractivity contribution in [3.63, 3.8) is 0 Å². The molecule has 1 saturated heterocycles. The van der Waals surface area contributed by atoms with Crippen molar-refractivity contribution < 1.29 is 28.2 Å². The van der Waals surface area contributed by atoms with Crippen LogP contribution in [0.15, 0.2) is 36.5 Å². The number of aromatic nitrogens is 2. The van der Waals surface area contributed by atoms with Crippen molar-refractivity contribution in [1.82, 2.24) is 14.3 Å². The molecule has 2 aromatic heterocycles. The Balaban J connectivity index is 1.40. The summed E-state index contributed by atoms with van der Waals surface area (Å²) < 4.78 is 34.6. The Morgan fingerprint density at radius 3 is 2.42 bits per heavy atom. The molecule has 1 amide bonds. The van der Waals surface area contributed by atoms with Gasteiger partial charge in [-0.3, -0.25) is 4.40 Å². The molecule has 40 heavy (non-hydrogen) atoms. The molecular weight excluding hydrogens is 533 g/mol. The molecule has 212 valence electrons. The minimum Gasteiger partial charge on any atom is -0.496 e. The SMILES string of the molecule is COc1cc2c(cc1C(=O)OC(C)(C)C)sc1nc(-c3ccc(C4CCN(C(=O)OC(C)(C)C)C4)cc3F)cn12. The number of imidazole rings is 1. The summed E-state index contributed by atoms with van der Waals surface area (Å²) in [7, 11) is 1.51. The van der Waals surface area contributed by atoms with E-state index in [1.165, 1.54) is 18.4 Å². The van der Waals surface area contributed by atoms with Crippen molar-refractivity contribution in [2.45, 2.75) is 65.1 Å². The number of rotatable bonds is 4. The van der Waals surface area contributed by atoms with Gasteiger partial charge in [0.1, 0.15) is 28.3 Å². The van der Waals surface area contributed by atoms with E-state index in [1.54, 1.807) is 35.4 Å². The third kappa shape index (κ3) is 5.63. The number of benzene rings is 2. The number of hydrogen-bond donors (Lipinski definition) is 0. The normalized spacial score (nSPS) is 16.1. The number of likely N-dealkylation sites (tertiary alicyclic amines) is 1. The fourth-order valence-electron chi connectivity index (χ4n) is 4.83. The molecule has 1 aliphatic rings. The van der Waals surface area contributed by atoms with E-state index in [0.29, 0.717) is 40.6 Å². The number of carbonyl (C=O) groups excluding carboxylic acids is 2. The second-order valence-corrected chi connectivity index (χ2v) is 13.1. The molecule has 0 aliphatic carbocycles. The Kier molecular flexibility index (Phi) is 7.02. The van der Waals surface area contributed by atoms with Crippen LogP contribution in [0.1, 0.15) is 69.8 Å². The Morgan fingerprint density at radius 1 is 1.05 bits per heavy atom. The zero-order valence-electron chi connectivity index (χ0n) is 23.8. The number of nitrogens with zero attached hydrogens (tertiary/aromatic N) is 3. The van der Waals surface area contributed by atoms with Crippen molar-refractivity contribution in [2.24, 2.45) is 0 Å². The lowest BCUT2D eigenvalue weighted by atomic mass is 9.96. The predicted molar refractivity (Wildman–Crippen MR) is 153 cm³/mol. The summed E-state index contributed by atoms with van der Waals surface area (Å²) in [6.45, 7) is 12.0. The maximum atomic E-state index is 15.4. The standard InChI is InChI=1S/C30H34FN3O5S/c1-29(2,3)38-26(35)20-13-25-23(14-24(20)37-7)34-16-22(32-27(34)40-25)19-9-8-17(12-21(19)31)18-10-11-33(15-18)28(36)39-30(4,5)6/h8-9,12-14,16,18H,10-11,15H2,1-7H3. The number of halogens is 1. The smallest absolute Gasteiger partial charge is 0.410 e. The van der Waals surface area contributed by atoms with E-state index in [-0.39, 0.29) is 17.8 Å². The molecular formula is C30H34FN3O5S. The largest absolute Gasteiger partial charge is 0.496 e. The van der Waals surface area contributed by atoms with Crippen molar-refractivity contribution in [3.05, 3.63) is 53.5 Å². The lowest BCUT2D eigenvalue weighted by Gasteiger charge is -2.24. The van der Waals surface area contributed by atoms with Gasteiger partial charge in [0.25, 0.3) is 0 Å². The zero-order chi connectivity index (χ0) is 29.0. The molecule has 10 heteroatoms. The van der Waals surface area contributed by atoms with E-state index in [2.05, 4.69) is 4.98 Å². The molecule has 8 nitrogen and oxygen atoms in total. The van der Waals surface area contributed by atoms with Gasteiger partial charge in [0.05, 0.1) is 23.0 Å². The Labute approximate surface area is 236 Å². The van der Waals surface area contributed by atoms with E-state index in [0.717, 1.165) is 22.2 Å². The molecule has 3 heterocycles. The highest BCUT2D eigenvalue weighted by Gasteiger charge is 2.31. The van der Waals surface area contributed by atoms with Crippen LogP contribution in [0.5, 0.6) is 5.75 Å². The minimum absolute atomic E-state index is 0.0390. The van der Waals surface area contributed by atoms with Crippen LogP contribution in [0.25, 0.3) is 26.4 Å². The molecule has 5 rings (SSSR count).